The molecule has 78 valence electrons. The van der Waals surface area contributed by atoms with Gasteiger partial charge in [-0.3, -0.25) is 0 Å². The van der Waals surface area contributed by atoms with Gasteiger partial charge in [0.05, 0.1) is 12.8 Å². The van der Waals surface area contributed by atoms with E-state index in [1.807, 2.05) is 19.9 Å². The summed E-state index contributed by atoms with van der Waals surface area (Å²) < 4.78 is 4.98. The fraction of sp³-hybridized carbons (Fsp3) is 0.300. The largest absolute Gasteiger partial charge is 0.495 e. The van der Waals surface area contributed by atoms with E-state index in [1.54, 1.807) is 18.2 Å². The van der Waals surface area contributed by atoms with Crippen LogP contribution in [0, 0.1) is 0 Å². The molecule has 0 fully saturated rings. The first kappa shape index (κ1) is 12.3. The van der Waals surface area contributed by atoms with E-state index < -0.39 is 6.03 Å². The Hall–Kier alpha value is -1.71. The summed E-state index contributed by atoms with van der Waals surface area (Å²) in [7, 11) is 1.53. The lowest BCUT2D eigenvalue weighted by Crippen LogP contribution is -2.19. The van der Waals surface area contributed by atoms with Crippen molar-refractivity contribution in [2.45, 2.75) is 13.8 Å². The number of urea groups is 1. The molecule has 4 nitrogen and oxygen atoms in total. The molecule has 1 aromatic rings. The zero-order valence-corrected chi connectivity index (χ0v) is 8.70. The van der Waals surface area contributed by atoms with Gasteiger partial charge in [-0.05, 0) is 12.1 Å². The third kappa shape index (κ3) is 3.80. The summed E-state index contributed by atoms with van der Waals surface area (Å²) in [4.78, 5) is 10.5. The van der Waals surface area contributed by atoms with E-state index in [1.165, 1.54) is 7.11 Å². The maximum absolute atomic E-state index is 10.5. The van der Waals surface area contributed by atoms with Crippen molar-refractivity contribution in [3.05, 3.63) is 24.3 Å². The number of primary amides is 1. The summed E-state index contributed by atoms with van der Waals surface area (Å²) in [5.74, 6) is 0.594. The number of anilines is 1. The summed E-state index contributed by atoms with van der Waals surface area (Å²) in [6.45, 7) is 4.00. The van der Waals surface area contributed by atoms with Crippen molar-refractivity contribution in [3.63, 3.8) is 0 Å². The molecule has 3 N–H and O–H groups in total. The van der Waals surface area contributed by atoms with Gasteiger partial charge in [0.15, 0.2) is 0 Å². The molecule has 0 aliphatic rings. The number of hydrogen-bond acceptors (Lipinski definition) is 2. The highest BCUT2D eigenvalue weighted by molar-refractivity contribution is 5.89. The number of amides is 2. The molecule has 1 aromatic carbocycles. The van der Waals surface area contributed by atoms with E-state index in [0.717, 1.165) is 0 Å². The van der Waals surface area contributed by atoms with Crippen LogP contribution in [0.3, 0.4) is 0 Å². The fourth-order valence-corrected chi connectivity index (χ4v) is 0.881. The zero-order valence-electron chi connectivity index (χ0n) is 8.70. The van der Waals surface area contributed by atoms with E-state index in [4.69, 9.17) is 10.5 Å². The zero-order chi connectivity index (χ0) is 11.0. The van der Waals surface area contributed by atoms with E-state index >= 15 is 0 Å². The minimum absolute atomic E-state index is 0.576. The van der Waals surface area contributed by atoms with Crippen LogP contribution in [0.15, 0.2) is 24.3 Å². The Labute approximate surface area is 84.1 Å². The van der Waals surface area contributed by atoms with E-state index in [0.29, 0.717) is 11.4 Å². The molecular weight excluding hydrogens is 180 g/mol. The van der Waals surface area contributed by atoms with Gasteiger partial charge in [-0.15, -0.1) is 0 Å². The number of hydrogen-bond donors (Lipinski definition) is 2. The number of carbonyl (C=O) groups is 1. The predicted octanol–water partition coefficient (Wildman–Crippen LogP) is 2.21. The number of benzene rings is 1. The van der Waals surface area contributed by atoms with Gasteiger partial charge in [-0.1, -0.05) is 26.0 Å². The maximum Gasteiger partial charge on any atom is 0.316 e. The van der Waals surface area contributed by atoms with Crippen molar-refractivity contribution in [1.82, 2.24) is 0 Å². The Balaban J connectivity index is 0.000000791. The van der Waals surface area contributed by atoms with Gasteiger partial charge in [0.1, 0.15) is 5.75 Å². The highest BCUT2D eigenvalue weighted by atomic mass is 16.5. The molecule has 0 aliphatic carbocycles. The van der Waals surface area contributed by atoms with Crippen molar-refractivity contribution in [1.29, 1.82) is 0 Å². The first-order valence-corrected chi connectivity index (χ1v) is 4.43. The summed E-state index contributed by atoms with van der Waals surface area (Å²) in [5.41, 5.74) is 5.52. The average Bonchev–Trinajstić information content (AvgIpc) is 2.21. The smallest absolute Gasteiger partial charge is 0.316 e. The van der Waals surface area contributed by atoms with Gasteiger partial charge in [0.25, 0.3) is 0 Å². The SMILES string of the molecule is CC.COc1ccccc1NC(N)=O. The lowest BCUT2D eigenvalue weighted by Gasteiger charge is -2.06. The molecule has 14 heavy (non-hydrogen) atoms. The molecule has 0 radical (unpaired) electrons. The molecule has 0 saturated carbocycles. The van der Waals surface area contributed by atoms with Crippen LogP contribution >= 0.6 is 0 Å². The monoisotopic (exact) mass is 196 g/mol. The first-order chi connectivity index (χ1) is 6.74. The summed E-state index contributed by atoms with van der Waals surface area (Å²) in [6.07, 6.45) is 0. The molecule has 0 spiro atoms. The Morgan fingerprint density at radius 2 is 1.93 bits per heavy atom. The number of ether oxygens (including phenoxy) is 1. The molecule has 0 heterocycles. The van der Waals surface area contributed by atoms with Crippen LogP contribution in [0.4, 0.5) is 10.5 Å². The van der Waals surface area contributed by atoms with Crippen LogP contribution in [0.1, 0.15) is 13.8 Å². The second-order valence-electron chi connectivity index (χ2n) is 2.19. The van der Waals surface area contributed by atoms with Crippen molar-refractivity contribution in [2.75, 3.05) is 12.4 Å². The third-order valence-corrected chi connectivity index (χ3v) is 1.36. The van der Waals surface area contributed by atoms with Gasteiger partial charge in [-0.2, -0.15) is 0 Å². The molecule has 4 heteroatoms. The van der Waals surface area contributed by atoms with Crippen molar-refractivity contribution in [2.24, 2.45) is 5.73 Å². The fourth-order valence-electron chi connectivity index (χ4n) is 0.881. The second kappa shape index (κ2) is 6.77. The molecule has 0 saturated heterocycles. The van der Waals surface area contributed by atoms with Gasteiger partial charge in [0.2, 0.25) is 0 Å². The summed E-state index contributed by atoms with van der Waals surface area (Å²) in [5, 5.41) is 2.44. The van der Waals surface area contributed by atoms with Crippen LogP contribution in [0.5, 0.6) is 5.75 Å². The van der Waals surface area contributed by atoms with Gasteiger partial charge in [0, 0.05) is 0 Å². The van der Waals surface area contributed by atoms with E-state index in [-0.39, 0.29) is 0 Å². The van der Waals surface area contributed by atoms with E-state index in [2.05, 4.69) is 5.32 Å². The standard InChI is InChI=1S/C8H10N2O2.C2H6/c1-12-7-5-3-2-4-6(7)10-8(9)11;1-2/h2-5H,1H3,(H3,9,10,11);1-2H3. The molecule has 1 rings (SSSR count). The molecule has 0 unspecified atom stereocenters. The first-order valence-electron chi connectivity index (χ1n) is 4.43. The van der Waals surface area contributed by atoms with Crippen molar-refractivity contribution < 1.29 is 9.53 Å². The molecule has 0 aromatic heterocycles. The Morgan fingerprint density at radius 3 is 2.43 bits per heavy atom. The minimum Gasteiger partial charge on any atom is -0.495 e. The molecular formula is C10H16N2O2. The van der Waals surface area contributed by atoms with Gasteiger partial charge in [-0.25, -0.2) is 4.79 Å². The highest BCUT2D eigenvalue weighted by Gasteiger charge is 2.01. The van der Waals surface area contributed by atoms with Crippen LogP contribution in [0.25, 0.3) is 0 Å². The maximum atomic E-state index is 10.5. The third-order valence-electron chi connectivity index (χ3n) is 1.36. The lowest BCUT2D eigenvalue weighted by atomic mass is 10.3. The van der Waals surface area contributed by atoms with Gasteiger partial charge >= 0.3 is 6.03 Å². The minimum atomic E-state index is -0.598. The number of methoxy groups -OCH3 is 1. The summed E-state index contributed by atoms with van der Waals surface area (Å²) >= 11 is 0. The average molecular weight is 196 g/mol. The van der Waals surface area contributed by atoms with Crippen LogP contribution in [-0.4, -0.2) is 13.1 Å². The van der Waals surface area contributed by atoms with Crippen LogP contribution < -0.4 is 15.8 Å². The summed E-state index contributed by atoms with van der Waals surface area (Å²) in [6, 6.07) is 6.45. The van der Waals surface area contributed by atoms with Crippen LogP contribution in [-0.2, 0) is 0 Å². The lowest BCUT2D eigenvalue weighted by molar-refractivity contribution is 0.259. The Kier molecular flexibility index (Phi) is 5.94. The van der Waals surface area contributed by atoms with Gasteiger partial charge < -0.3 is 15.8 Å². The second-order valence-corrected chi connectivity index (χ2v) is 2.19. The van der Waals surface area contributed by atoms with Crippen molar-refractivity contribution in [3.8, 4) is 5.75 Å². The van der Waals surface area contributed by atoms with E-state index in [9.17, 15) is 4.79 Å². The predicted molar refractivity (Wildman–Crippen MR) is 57.5 cm³/mol. The quantitative estimate of drug-likeness (QED) is 0.761. The molecule has 2 amide bonds. The Morgan fingerprint density at radius 1 is 1.36 bits per heavy atom. The normalized spacial score (nSPS) is 8.21. The number of rotatable bonds is 2. The molecule has 0 aliphatic heterocycles. The molecule has 0 bridgehead atoms. The number of nitrogens with one attached hydrogen (secondary N) is 1. The van der Waals surface area contributed by atoms with Crippen molar-refractivity contribution >= 4 is 11.7 Å². The molecule has 0 atom stereocenters. The van der Waals surface area contributed by atoms with Crippen LogP contribution in [0.2, 0.25) is 0 Å². The topological polar surface area (TPSA) is 64.3 Å². The number of carbonyl (C=O) groups excluding carboxylic acids is 1. The number of nitrogens with two attached hydrogens (primary N) is 1. The number of para-hydroxylation sites is 2. The Bertz CT molecular complexity index is 287. The highest BCUT2D eigenvalue weighted by Crippen LogP contribution is 2.22.